The summed E-state index contributed by atoms with van der Waals surface area (Å²) in [6.45, 7) is 5.97. The van der Waals surface area contributed by atoms with E-state index in [1.54, 1.807) is 7.11 Å². The summed E-state index contributed by atoms with van der Waals surface area (Å²) in [6, 6.07) is 0. The fourth-order valence-electron chi connectivity index (χ4n) is 2.51. The Kier molecular flexibility index (Phi) is 8.67. The first-order valence-corrected chi connectivity index (χ1v) is 7.18. The van der Waals surface area contributed by atoms with Crippen LogP contribution in [0.4, 0.5) is 0 Å². The van der Waals surface area contributed by atoms with Crippen LogP contribution in [0, 0.1) is 5.92 Å². The summed E-state index contributed by atoms with van der Waals surface area (Å²) in [5.74, 6) is 0.911. The van der Waals surface area contributed by atoms with Gasteiger partial charge in [0.1, 0.15) is 0 Å². The summed E-state index contributed by atoms with van der Waals surface area (Å²) in [5, 5.41) is 3.34. The highest BCUT2D eigenvalue weighted by molar-refractivity contribution is 4.72. The standard InChI is InChI=1S/C14H29NO2/c1-3-13-6-4-7-14(12-13)17-10-5-8-15-9-11-16-2/h13-15H,3-12H2,1-2H3. The van der Waals surface area contributed by atoms with Crippen molar-refractivity contribution in [1.29, 1.82) is 0 Å². The van der Waals surface area contributed by atoms with Crippen LogP contribution in [0.3, 0.4) is 0 Å². The van der Waals surface area contributed by atoms with Gasteiger partial charge in [0.15, 0.2) is 0 Å². The van der Waals surface area contributed by atoms with Gasteiger partial charge >= 0.3 is 0 Å². The first-order valence-electron chi connectivity index (χ1n) is 7.18. The van der Waals surface area contributed by atoms with E-state index in [1.807, 2.05) is 0 Å². The van der Waals surface area contributed by atoms with Crippen molar-refractivity contribution in [3.63, 3.8) is 0 Å². The molecule has 0 amide bonds. The Morgan fingerprint density at radius 3 is 2.82 bits per heavy atom. The fraction of sp³-hybridized carbons (Fsp3) is 1.00. The summed E-state index contributed by atoms with van der Waals surface area (Å²) < 4.78 is 10.9. The molecule has 3 nitrogen and oxygen atoms in total. The summed E-state index contributed by atoms with van der Waals surface area (Å²) in [4.78, 5) is 0. The van der Waals surface area contributed by atoms with Crippen molar-refractivity contribution in [3.05, 3.63) is 0 Å². The van der Waals surface area contributed by atoms with Gasteiger partial charge in [-0.3, -0.25) is 0 Å². The van der Waals surface area contributed by atoms with Gasteiger partial charge in [-0.2, -0.15) is 0 Å². The Morgan fingerprint density at radius 1 is 1.18 bits per heavy atom. The lowest BCUT2D eigenvalue weighted by atomic mass is 9.85. The molecule has 0 aromatic carbocycles. The van der Waals surface area contributed by atoms with Crippen molar-refractivity contribution in [2.24, 2.45) is 5.92 Å². The van der Waals surface area contributed by atoms with Crippen molar-refractivity contribution in [2.75, 3.05) is 33.4 Å². The second kappa shape index (κ2) is 9.86. The van der Waals surface area contributed by atoms with Crippen molar-refractivity contribution in [3.8, 4) is 0 Å². The average Bonchev–Trinajstić information content (AvgIpc) is 2.38. The van der Waals surface area contributed by atoms with Gasteiger partial charge in [-0.15, -0.1) is 0 Å². The van der Waals surface area contributed by atoms with Crippen LogP contribution in [-0.2, 0) is 9.47 Å². The number of ether oxygens (including phenoxy) is 2. The second-order valence-corrected chi connectivity index (χ2v) is 5.03. The van der Waals surface area contributed by atoms with Gasteiger partial charge in [-0.1, -0.05) is 26.2 Å². The Labute approximate surface area is 106 Å². The third-order valence-corrected chi connectivity index (χ3v) is 3.65. The van der Waals surface area contributed by atoms with E-state index < -0.39 is 0 Å². The molecule has 1 saturated carbocycles. The van der Waals surface area contributed by atoms with E-state index in [0.717, 1.165) is 38.6 Å². The lowest BCUT2D eigenvalue weighted by molar-refractivity contribution is 0.0115. The molecule has 0 radical (unpaired) electrons. The monoisotopic (exact) mass is 243 g/mol. The molecule has 1 N–H and O–H groups in total. The number of hydrogen-bond acceptors (Lipinski definition) is 3. The Hall–Kier alpha value is -0.120. The molecule has 2 unspecified atom stereocenters. The molecule has 17 heavy (non-hydrogen) atoms. The van der Waals surface area contributed by atoms with Gasteiger partial charge in [0.05, 0.1) is 12.7 Å². The number of rotatable bonds is 9. The van der Waals surface area contributed by atoms with Crippen LogP contribution in [0.15, 0.2) is 0 Å². The highest BCUT2D eigenvalue weighted by Crippen LogP contribution is 2.28. The minimum Gasteiger partial charge on any atom is -0.383 e. The summed E-state index contributed by atoms with van der Waals surface area (Å²) in [6.07, 6.45) is 8.29. The molecule has 0 spiro atoms. The lowest BCUT2D eigenvalue weighted by Gasteiger charge is -2.28. The van der Waals surface area contributed by atoms with Crippen LogP contribution in [0.25, 0.3) is 0 Å². The first-order chi connectivity index (χ1) is 8.36. The van der Waals surface area contributed by atoms with E-state index in [9.17, 15) is 0 Å². The third kappa shape index (κ3) is 7.02. The van der Waals surface area contributed by atoms with E-state index in [0.29, 0.717) is 6.10 Å². The normalized spacial score (nSPS) is 25.1. The summed E-state index contributed by atoms with van der Waals surface area (Å²) in [5.41, 5.74) is 0. The lowest BCUT2D eigenvalue weighted by Crippen LogP contribution is -2.25. The Balaban J connectivity index is 1.91. The van der Waals surface area contributed by atoms with Crippen LogP contribution in [0.1, 0.15) is 45.4 Å². The third-order valence-electron chi connectivity index (χ3n) is 3.65. The van der Waals surface area contributed by atoms with E-state index in [1.165, 1.54) is 32.1 Å². The SMILES string of the molecule is CCC1CCCC(OCCCNCCOC)C1. The smallest absolute Gasteiger partial charge is 0.0587 e. The number of methoxy groups -OCH3 is 1. The van der Waals surface area contributed by atoms with E-state index >= 15 is 0 Å². The van der Waals surface area contributed by atoms with Crippen molar-refractivity contribution < 1.29 is 9.47 Å². The minimum atomic E-state index is 0.535. The molecule has 0 bridgehead atoms. The molecule has 0 saturated heterocycles. The molecular weight excluding hydrogens is 214 g/mol. The van der Waals surface area contributed by atoms with Crippen LogP contribution < -0.4 is 5.32 Å². The van der Waals surface area contributed by atoms with Crippen LogP contribution in [0.2, 0.25) is 0 Å². The maximum Gasteiger partial charge on any atom is 0.0587 e. The molecule has 3 heteroatoms. The number of hydrogen-bond donors (Lipinski definition) is 1. The molecule has 1 aliphatic carbocycles. The molecule has 1 aliphatic rings. The summed E-state index contributed by atoms with van der Waals surface area (Å²) >= 11 is 0. The van der Waals surface area contributed by atoms with Crippen molar-refractivity contribution in [1.82, 2.24) is 5.32 Å². The predicted molar refractivity (Wildman–Crippen MR) is 71.4 cm³/mol. The quantitative estimate of drug-likeness (QED) is 0.631. The zero-order valence-electron chi connectivity index (χ0n) is 11.5. The van der Waals surface area contributed by atoms with Gasteiger partial charge in [-0.05, 0) is 31.7 Å². The van der Waals surface area contributed by atoms with Crippen LogP contribution in [0.5, 0.6) is 0 Å². The van der Waals surface area contributed by atoms with E-state index in [4.69, 9.17) is 9.47 Å². The van der Waals surface area contributed by atoms with Gasteiger partial charge < -0.3 is 14.8 Å². The van der Waals surface area contributed by atoms with Gasteiger partial charge in [0.2, 0.25) is 0 Å². The Morgan fingerprint density at radius 2 is 2.06 bits per heavy atom. The fourth-order valence-corrected chi connectivity index (χ4v) is 2.51. The van der Waals surface area contributed by atoms with E-state index in [2.05, 4.69) is 12.2 Å². The molecule has 0 aliphatic heterocycles. The zero-order chi connectivity index (χ0) is 12.3. The molecule has 1 rings (SSSR count). The second-order valence-electron chi connectivity index (χ2n) is 5.03. The molecule has 102 valence electrons. The molecule has 0 heterocycles. The maximum absolute atomic E-state index is 5.95. The highest BCUT2D eigenvalue weighted by Gasteiger charge is 2.20. The summed E-state index contributed by atoms with van der Waals surface area (Å²) in [7, 11) is 1.73. The first kappa shape index (κ1) is 14.9. The van der Waals surface area contributed by atoms with Gasteiger partial charge in [0, 0.05) is 20.3 Å². The molecular formula is C14H29NO2. The average molecular weight is 243 g/mol. The maximum atomic E-state index is 5.95. The molecule has 2 atom stereocenters. The van der Waals surface area contributed by atoms with Crippen molar-refractivity contribution >= 4 is 0 Å². The largest absolute Gasteiger partial charge is 0.383 e. The predicted octanol–water partition coefficient (Wildman–Crippen LogP) is 2.60. The topological polar surface area (TPSA) is 30.5 Å². The Bertz CT molecular complexity index is 176. The van der Waals surface area contributed by atoms with Crippen LogP contribution >= 0.6 is 0 Å². The van der Waals surface area contributed by atoms with Gasteiger partial charge in [-0.25, -0.2) is 0 Å². The van der Waals surface area contributed by atoms with E-state index in [-0.39, 0.29) is 0 Å². The van der Waals surface area contributed by atoms with Gasteiger partial charge in [0.25, 0.3) is 0 Å². The molecule has 1 fully saturated rings. The zero-order valence-corrected chi connectivity index (χ0v) is 11.5. The van der Waals surface area contributed by atoms with Crippen molar-refractivity contribution in [2.45, 2.75) is 51.6 Å². The molecule has 0 aromatic rings. The van der Waals surface area contributed by atoms with Crippen LogP contribution in [-0.4, -0.2) is 39.5 Å². The number of nitrogens with one attached hydrogen (secondary N) is 1. The molecule has 0 aromatic heterocycles. The minimum absolute atomic E-state index is 0.535. The highest BCUT2D eigenvalue weighted by atomic mass is 16.5.